The molecule has 0 spiro atoms. The third kappa shape index (κ3) is 2.75. The van der Waals surface area contributed by atoms with Gasteiger partial charge in [-0.25, -0.2) is 0 Å². The fraction of sp³-hybridized carbons (Fsp3) is 0.250. The Morgan fingerprint density at radius 1 is 0.941 bits per heavy atom. The lowest BCUT2D eigenvalue weighted by atomic mass is 9.96. The highest BCUT2D eigenvalue weighted by Gasteiger charge is 2.04. The summed E-state index contributed by atoms with van der Waals surface area (Å²) in [7, 11) is 1.99. The van der Waals surface area contributed by atoms with Gasteiger partial charge in [0, 0.05) is 6.54 Å². The van der Waals surface area contributed by atoms with Crippen molar-refractivity contribution in [2.45, 2.75) is 20.4 Å². The van der Waals surface area contributed by atoms with Crippen LogP contribution in [0.4, 0.5) is 0 Å². The lowest BCUT2D eigenvalue weighted by Crippen LogP contribution is -2.06. The Bertz CT molecular complexity index is 515. The van der Waals surface area contributed by atoms with Gasteiger partial charge in [0.1, 0.15) is 0 Å². The van der Waals surface area contributed by atoms with E-state index in [-0.39, 0.29) is 0 Å². The molecule has 2 rings (SSSR count). The molecule has 1 heteroatoms. The zero-order valence-electron chi connectivity index (χ0n) is 10.7. The number of aryl methyl sites for hydroxylation is 2. The molecular weight excluding hydrogens is 206 g/mol. The monoisotopic (exact) mass is 225 g/mol. The molecule has 1 nitrogen and oxygen atoms in total. The summed E-state index contributed by atoms with van der Waals surface area (Å²) in [5.74, 6) is 0. The second-order valence-electron chi connectivity index (χ2n) is 4.56. The van der Waals surface area contributed by atoms with Gasteiger partial charge in [-0.2, -0.15) is 0 Å². The first-order chi connectivity index (χ1) is 8.20. The fourth-order valence-corrected chi connectivity index (χ4v) is 2.12. The van der Waals surface area contributed by atoms with Crippen molar-refractivity contribution < 1.29 is 0 Å². The molecule has 0 saturated carbocycles. The van der Waals surface area contributed by atoms with Gasteiger partial charge in [0.25, 0.3) is 0 Å². The van der Waals surface area contributed by atoms with E-state index in [4.69, 9.17) is 0 Å². The molecule has 0 aliphatic rings. The summed E-state index contributed by atoms with van der Waals surface area (Å²) in [6.45, 7) is 5.18. The highest BCUT2D eigenvalue weighted by Crippen LogP contribution is 2.25. The fourth-order valence-electron chi connectivity index (χ4n) is 2.12. The highest BCUT2D eigenvalue weighted by atomic mass is 14.8. The van der Waals surface area contributed by atoms with Crippen LogP contribution in [0.1, 0.15) is 16.7 Å². The SMILES string of the molecule is CNCc1ccc(C)cc1-c1cccc(C)c1. The number of hydrogen-bond donors (Lipinski definition) is 1. The lowest BCUT2D eigenvalue weighted by Gasteiger charge is -2.11. The van der Waals surface area contributed by atoms with Gasteiger partial charge in [-0.1, -0.05) is 53.6 Å². The minimum atomic E-state index is 0.906. The minimum absolute atomic E-state index is 0.906. The van der Waals surface area contributed by atoms with Gasteiger partial charge in [-0.05, 0) is 37.6 Å². The van der Waals surface area contributed by atoms with E-state index in [0.29, 0.717) is 0 Å². The van der Waals surface area contributed by atoms with Crippen molar-refractivity contribution in [2.75, 3.05) is 7.05 Å². The third-order valence-electron chi connectivity index (χ3n) is 2.96. The summed E-state index contributed by atoms with van der Waals surface area (Å²) >= 11 is 0. The minimum Gasteiger partial charge on any atom is -0.316 e. The number of rotatable bonds is 3. The normalized spacial score (nSPS) is 10.5. The summed E-state index contributed by atoms with van der Waals surface area (Å²) in [5, 5.41) is 3.23. The molecule has 0 amide bonds. The third-order valence-corrected chi connectivity index (χ3v) is 2.96. The smallest absolute Gasteiger partial charge is 0.0208 e. The van der Waals surface area contributed by atoms with Gasteiger partial charge >= 0.3 is 0 Å². The van der Waals surface area contributed by atoms with Crippen LogP contribution in [-0.2, 0) is 6.54 Å². The van der Waals surface area contributed by atoms with Gasteiger partial charge in [-0.3, -0.25) is 0 Å². The van der Waals surface area contributed by atoms with Gasteiger partial charge in [0.05, 0.1) is 0 Å². The largest absolute Gasteiger partial charge is 0.316 e. The first kappa shape index (κ1) is 11.9. The van der Waals surface area contributed by atoms with E-state index >= 15 is 0 Å². The maximum Gasteiger partial charge on any atom is 0.0208 e. The molecule has 1 N–H and O–H groups in total. The Hall–Kier alpha value is -1.60. The van der Waals surface area contributed by atoms with Crippen molar-refractivity contribution in [3.05, 3.63) is 59.2 Å². The van der Waals surface area contributed by atoms with E-state index in [1.54, 1.807) is 0 Å². The molecule has 0 aromatic heterocycles. The van der Waals surface area contributed by atoms with E-state index in [2.05, 4.69) is 61.6 Å². The van der Waals surface area contributed by atoms with Crippen molar-refractivity contribution in [1.29, 1.82) is 0 Å². The zero-order chi connectivity index (χ0) is 12.3. The summed E-state index contributed by atoms with van der Waals surface area (Å²) in [6.07, 6.45) is 0. The van der Waals surface area contributed by atoms with E-state index in [1.807, 2.05) is 7.05 Å². The van der Waals surface area contributed by atoms with Crippen molar-refractivity contribution in [3.63, 3.8) is 0 Å². The molecule has 0 unspecified atom stereocenters. The van der Waals surface area contributed by atoms with Crippen LogP contribution in [0.25, 0.3) is 11.1 Å². The van der Waals surface area contributed by atoms with Crippen molar-refractivity contribution in [3.8, 4) is 11.1 Å². The molecule has 0 saturated heterocycles. The second kappa shape index (κ2) is 5.15. The summed E-state index contributed by atoms with van der Waals surface area (Å²) in [6, 6.07) is 15.3. The van der Waals surface area contributed by atoms with Crippen molar-refractivity contribution >= 4 is 0 Å². The molecule has 0 aliphatic heterocycles. The van der Waals surface area contributed by atoms with Crippen LogP contribution >= 0.6 is 0 Å². The maximum atomic E-state index is 3.23. The van der Waals surface area contributed by atoms with Gasteiger partial charge in [-0.15, -0.1) is 0 Å². The number of hydrogen-bond acceptors (Lipinski definition) is 1. The second-order valence-corrected chi connectivity index (χ2v) is 4.56. The van der Waals surface area contributed by atoms with Crippen LogP contribution in [-0.4, -0.2) is 7.05 Å². The molecule has 0 aliphatic carbocycles. The molecule has 17 heavy (non-hydrogen) atoms. The van der Waals surface area contributed by atoms with Crippen molar-refractivity contribution in [1.82, 2.24) is 5.32 Å². The molecule has 0 heterocycles. The average Bonchev–Trinajstić information content (AvgIpc) is 2.32. The molecular formula is C16H19N. The highest BCUT2D eigenvalue weighted by molar-refractivity contribution is 5.68. The molecule has 2 aromatic carbocycles. The first-order valence-corrected chi connectivity index (χ1v) is 6.02. The van der Waals surface area contributed by atoms with Crippen LogP contribution in [0.3, 0.4) is 0 Å². The quantitative estimate of drug-likeness (QED) is 0.840. The first-order valence-electron chi connectivity index (χ1n) is 6.02. The average molecular weight is 225 g/mol. The topological polar surface area (TPSA) is 12.0 Å². The predicted octanol–water partition coefficient (Wildman–Crippen LogP) is 3.69. The maximum absolute atomic E-state index is 3.23. The van der Waals surface area contributed by atoms with Crippen LogP contribution < -0.4 is 5.32 Å². The van der Waals surface area contributed by atoms with E-state index < -0.39 is 0 Å². The lowest BCUT2D eigenvalue weighted by molar-refractivity contribution is 0.819. The van der Waals surface area contributed by atoms with Gasteiger partial charge < -0.3 is 5.32 Å². The molecule has 0 atom stereocenters. The summed E-state index contributed by atoms with van der Waals surface area (Å²) in [5.41, 5.74) is 6.60. The van der Waals surface area contributed by atoms with Crippen LogP contribution in [0.15, 0.2) is 42.5 Å². The van der Waals surface area contributed by atoms with Crippen LogP contribution in [0.2, 0.25) is 0 Å². The van der Waals surface area contributed by atoms with Gasteiger partial charge in [0.2, 0.25) is 0 Å². The summed E-state index contributed by atoms with van der Waals surface area (Å²) < 4.78 is 0. The van der Waals surface area contributed by atoms with Crippen molar-refractivity contribution in [2.24, 2.45) is 0 Å². The molecule has 88 valence electrons. The molecule has 0 bridgehead atoms. The van der Waals surface area contributed by atoms with Crippen LogP contribution in [0, 0.1) is 13.8 Å². The van der Waals surface area contributed by atoms with Crippen LogP contribution in [0.5, 0.6) is 0 Å². The number of nitrogens with one attached hydrogen (secondary N) is 1. The molecule has 0 fully saturated rings. The van der Waals surface area contributed by atoms with Gasteiger partial charge in [0.15, 0.2) is 0 Å². The Labute approximate surface area is 103 Å². The standard InChI is InChI=1S/C16H19N/c1-12-5-4-6-14(9-12)16-10-13(2)7-8-15(16)11-17-3/h4-10,17H,11H2,1-3H3. The van der Waals surface area contributed by atoms with E-state index in [0.717, 1.165) is 6.54 Å². The zero-order valence-corrected chi connectivity index (χ0v) is 10.7. The Kier molecular flexibility index (Phi) is 3.60. The predicted molar refractivity (Wildman–Crippen MR) is 74.1 cm³/mol. The Morgan fingerprint density at radius 3 is 2.41 bits per heavy atom. The molecule has 0 radical (unpaired) electrons. The number of benzene rings is 2. The summed E-state index contributed by atoms with van der Waals surface area (Å²) in [4.78, 5) is 0. The Morgan fingerprint density at radius 2 is 1.71 bits per heavy atom. The Balaban J connectivity index is 2.52. The molecule has 2 aromatic rings. The van der Waals surface area contributed by atoms with E-state index in [9.17, 15) is 0 Å². The van der Waals surface area contributed by atoms with E-state index in [1.165, 1.54) is 27.8 Å².